The molecule has 0 spiro atoms. The lowest BCUT2D eigenvalue weighted by Gasteiger charge is -2.15. The summed E-state index contributed by atoms with van der Waals surface area (Å²) in [5, 5.41) is 4.50. The molecule has 182 valence electrons. The van der Waals surface area contributed by atoms with Gasteiger partial charge >= 0.3 is 0 Å². The number of hydrogen-bond donors (Lipinski definition) is 2. The Bertz CT molecular complexity index is 1770. The van der Waals surface area contributed by atoms with Crippen molar-refractivity contribution in [3.63, 3.8) is 0 Å². The molecule has 0 unspecified atom stereocenters. The Hall–Kier alpha value is -4.15. The van der Waals surface area contributed by atoms with Crippen LogP contribution < -0.4 is 15.0 Å². The first-order chi connectivity index (χ1) is 17.3. The first kappa shape index (κ1) is 23.6. The van der Waals surface area contributed by atoms with Crippen LogP contribution in [-0.2, 0) is 10.0 Å². The second-order valence-corrected chi connectivity index (χ2v) is 9.89. The third-order valence-corrected chi connectivity index (χ3v) is 7.16. The van der Waals surface area contributed by atoms with Gasteiger partial charge in [-0.15, -0.1) is 0 Å². The van der Waals surface area contributed by atoms with Crippen molar-refractivity contribution in [3.8, 4) is 28.0 Å². The largest absolute Gasteiger partial charge is 0.496 e. The number of H-pyrrole nitrogens is 1. The molecule has 0 saturated carbocycles. The molecule has 3 aromatic carbocycles. The van der Waals surface area contributed by atoms with Crippen LogP contribution in [0, 0.1) is 5.82 Å². The van der Waals surface area contributed by atoms with Crippen molar-refractivity contribution in [3.05, 3.63) is 94.3 Å². The summed E-state index contributed by atoms with van der Waals surface area (Å²) in [6.45, 7) is 0. The molecule has 0 saturated heterocycles. The summed E-state index contributed by atoms with van der Waals surface area (Å²) in [7, 11) is -2.60. The molecule has 0 fully saturated rings. The van der Waals surface area contributed by atoms with Crippen molar-refractivity contribution in [1.82, 2.24) is 10.1 Å². The van der Waals surface area contributed by atoms with Gasteiger partial charge in [0.2, 0.25) is 0 Å². The van der Waals surface area contributed by atoms with Gasteiger partial charge in [0.25, 0.3) is 15.6 Å². The van der Waals surface area contributed by atoms with Crippen LogP contribution in [0.1, 0.15) is 0 Å². The van der Waals surface area contributed by atoms with E-state index in [0.29, 0.717) is 38.4 Å². The first-order valence-corrected chi connectivity index (χ1v) is 12.4. The van der Waals surface area contributed by atoms with Crippen LogP contribution >= 0.6 is 11.6 Å². The number of aromatic amines is 1. The van der Waals surface area contributed by atoms with Crippen LogP contribution in [0.15, 0.2) is 87.3 Å². The number of halogens is 2. The third kappa shape index (κ3) is 4.32. The molecule has 0 aliphatic rings. The molecule has 2 heterocycles. The summed E-state index contributed by atoms with van der Waals surface area (Å²) >= 11 is 6.07. The summed E-state index contributed by atoms with van der Waals surface area (Å²) < 4.78 is 53.3. The standard InChI is InChI=1S/C25H17ClFN3O5S/c1-34-23-12-18(14-3-2-4-15(26)9-14)22(27)11-19(23)21-13-28-25(31)20-10-16(5-6-17(20)21)36(32,33)30-24-7-8-35-29-24/h2-13H,1H3,(H,28,31)(H,29,30). The zero-order valence-electron chi connectivity index (χ0n) is 18.6. The zero-order chi connectivity index (χ0) is 25.4. The third-order valence-electron chi connectivity index (χ3n) is 5.58. The van der Waals surface area contributed by atoms with Crippen LogP contribution in [-0.4, -0.2) is 25.7 Å². The Kier molecular flexibility index (Phi) is 5.99. The molecule has 36 heavy (non-hydrogen) atoms. The number of hydrogen-bond acceptors (Lipinski definition) is 6. The van der Waals surface area contributed by atoms with Crippen LogP contribution in [0.2, 0.25) is 5.02 Å². The Morgan fingerprint density at radius 2 is 1.86 bits per heavy atom. The second-order valence-electron chi connectivity index (χ2n) is 7.77. The number of ether oxygens (including phenoxy) is 1. The zero-order valence-corrected chi connectivity index (χ0v) is 20.2. The van der Waals surface area contributed by atoms with E-state index < -0.39 is 21.4 Å². The van der Waals surface area contributed by atoms with Gasteiger partial charge in [0, 0.05) is 39.4 Å². The lowest BCUT2D eigenvalue weighted by Crippen LogP contribution is -2.14. The van der Waals surface area contributed by atoms with Crippen LogP contribution in [0.4, 0.5) is 10.2 Å². The smallest absolute Gasteiger partial charge is 0.263 e. The van der Waals surface area contributed by atoms with Gasteiger partial charge in [-0.2, -0.15) is 0 Å². The van der Waals surface area contributed by atoms with Crippen molar-refractivity contribution < 1.29 is 22.1 Å². The van der Waals surface area contributed by atoms with E-state index in [0.717, 1.165) is 0 Å². The molecule has 5 aromatic rings. The van der Waals surface area contributed by atoms with Gasteiger partial charge in [-0.05, 0) is 47.3 Å². The number of rotatable bonds is 6. The summed E-state index contributed by atoms with van der Waals surface area (Å²) in [6, 6.07) is 15.0. The van der Waals surface area contributed by atoms with Crippen molar-refractivity contribution in [1.29, 1.82) is 0 Å². The molecular weight excluding hydrogens is 509 g/mol. The normalized spacial score (nSPS) is 11.5. The molecule has 0 atom stereocenters. The average molecular weight is 526 g/mol. The molecule has 0 radical (unpaired) electrons. The van der Waals surface area contributed by atoms with E-state index in [-0.39, 0.29) is 16.1 Å². The molecule has 0 bridgehead atoms. The maximum Gasteiger partial charge on any atom is 0.263 e. The summed E-state index contributed by atoms with van der Waals surface area (Å²) in [4.78, 5) is 15.1. The number of nitrogens with one attached hydrogen (secondary N) is 2. The van der Waals surface area contributed by atoms with Gasteiger partial charge in [-0.1, -0.05) is 35.0 Å². The van der Waals surface area contributed by atoms with Crippen LogP contribution in [0.5, 0.6) is 5.75 Å². The Balaban J connectivity index is 1.64. The number of sulfonamides is 1. The van der Waals surface area contributed by atoms with Crippen molar-refractivity contribution in [2.75, 3.05) is 11.8 Å². The Labute approximate surface area is 209 Å². The molecule has 0 aliphatic heterocycles. The number of aromatic nitrogens is 2. The minimum absolute atomic E-state index is 0.00207. The van der Waals surface area contributed by atoms with Crippen molar-refractivity contribution in [2.24, 2.45) is 0 Å². The van der Waals surface area contributed by atoms with Gasteiger partial charge in [-0.3, -0.25) is 9.52 Å². The molecule has 2 N–H and O–H groups in total. The predicted molar refractivity (Wildman–Crippen MR) is 134 cm³/mol. The average Bonchev–Trinajstić information content (AvgIpc) is 3.36. The molecule has 2 aromatic heterocycles. The lowest BCUT2D eigenvalue weighted by molar-refractivity contribution is 0.415. The maximum absolute atomic E-state index is 15.3. The number of anilines is 1. The van der Waals surface area contributed by atoms with E-state index in [1.807, 2.05) is 0 Å². The van der Waals surface area contributed by atoms with E-state index in [9.17, 15) is 13.2 Å². The molecule has 0 amide bonds. The highest BCUT2D eigenvalue weighted by Gasteiger charge is 2.20. The van der Waals surface area contributed by atoms with Gasteiger partial charge in [0.15, 0.2) is 5.82 Å². The number of pyridine rings is 1. The molecule has 11 heteroatoms. The SMILES string of the molecule is COc1cc(-c2cccc(Cl)c2)c(F)cc1-c1c[nH]c(=O)c2cc(S(=O)(=O)Nc3ccon3)ccc12. The molecule has 5 rings (SSSR count). The second kappa shape index (κ2) is 9.14. The Morgan fingerprint density at radius 1 is 1.03 bits per heavy atom. The van der Waals surface area contributed by atoms with Gasteiger partial charge < -0.3 is 14.2 Å². The number of fused-ring (bicyclic) bond motifs is 1. The van der Waals surface area contributed by atoms with Gasteiger partial charge in [0.1, 0.15) is 17.8 Å². The number of methoxy groups -OCH3 is 1. The first-order valence-electron chi connectivity index (χ1n) is 10.5. The highest BCUT2D eigenvalue weighted by Crippen LogP contribution is 2.39. The van der Waals surface area contributed by atoms with E-state index in [2.05, 4.69) is 19.4 Å². The van der Waals surface area contributed by atoms with Crippen molar-refractivity contribution in [2.45, 2.75) is 4.90 Å². The summed E-state index contributed by atoms with van der Waals surface area (Å²) in [6.07, 6.45) is 2.66. The fraction of sp³-hybridized carbons (Fsp3) is 0.0400. The van der Waals surface area contributed by atoms with E-state index in [4.69, 9.17) is 16.3 Å². The summed E-state index contributed by atoms with van der Waals surface area (Å²) in [5.41, 5.74) is 1.18. The van der Waals surface area contributed by atoms with E-state index in [1.54, 1.807) is 30.3 Å². The van der Waals surface area contributed by atoms with Crippen LogP contribution in [0.25, 0.3) is 33.0 Å². The monoisotopic (exact) mass is 525 g/mol. The fourth-order valence-electron chi connectivity index (χ4n) is 3.90. The molecular formula is C25H17ClFN3O5S. The quantitative estimate of drug-likeness (QED) is 0.304. The van der Waals surface area contributed by atoms with Crippen molar-refractivity contribution >= 4 is 38.2 Å². The topological polar surface area (TPSA) is 114 Å². The number of nitrogens with zero attached hydrogens (tertiary/aromatic N) is 1. The minimum atomic E-state index is -4.05. The molecule has 0 aliphatic carbocycles. The van der Waals surface area contributed by atoms with Gasteiger partial charge in [-0.25, -0.2) is 12.8 Å². The lowest BCUT2D eigenvalue weighted by atomic mass is 9.96. The maximum atomic E-state index is 15.3. The minimum Gasteiger partial charge on any atom is -0.496 e. The van der Waals surface area contributed by atoms with E-state index in [1.165, 1.54) is 49.9 Å². The summed E-state index contributed by atoms with van der Waals surface area (Å²) in [5.74, 6) is -0.176. The van der Waals surface area contributed by atoms with Gasteiger partial charge in [0.05, 0.1) is 12.0 Å². The fourth-order valence-corrected chi connectivity index (χ4v) is 5.11. The molecule has 8 nitrogen and oxygen atoms in total. The highest BCUT2D eigenvalue weighted by molar-refractivity contribution is 7.92. The highest BCUT2D eigenvalue weighted by atomic mass is 35.5. The predicted octanol–water partition coefficient (Wildman–Crippen LogP) is 5.45. The van der Waals surface area contributed by atoms with E-state index >= 15 is 4.39 Å². The van der Waals surface area contributed by atoms with Crippen LogP contribution in [0.3, 0.4) is 0 Å². The number of benzene rings is 3. The Morgan fingerprint density at radius 3 is 2.58 bits per heavy atom.